The van der Waals surface area contributed by atoms with Crippen LogP contribution in [0.2, 0.25) is 0 Å². The number of aliphatic hydroxyl groups excluding tert-OH is 3. The van der Waals surface area contributed by atoms with E-state index in [9.17, 15) is 24.9 Å². The number of hydrogen-bond acceptors (Lipinski definition) is 10. The summed E-state index contributed by atoms with van der Waals surface area (Å²) in [5.41, 5.74) is 2.67. The molecule has 2 aliphatic rings. The first-order valence-electron chi connectivity index (χ1n) is 10.3. The molecule has 0 amide bonds. The summed E-state index contributed by atoms with van der Waals surface area (Å²) < 4.78 is 7.02. The van der Waals surface area contributed by atoms with Gasteiger partial charge < -0.3 is 25.4 Å². The molecule has 32 heavy (non-hydrogen) atoms. The monoisotopic (exact) mass is 443 g/mol. The van der Waals surface area contributed by atoms with Crippen LogP contribution >= 0.6 is 0 Å². The smallest absolute Gasteiger partial charge is 0.185 e. The van der Waals surface area contributed by atoms with Crippen molar-refractivity contribution in [1.82, 2.24) is 19.5 Å². The fourth-order valence-electron chi connectivity index (χ4n) is 4.04. The minimum absolute atomic E-state index is 0.112. The van der Waals surface area contributed by atoms with Crippen LogP contribution in [0.1, 0.15) is 33.4 Å². The zero-order valence-electron chi connectivity index (χ0n) is 17.9. The Morgan fingerprint density at radius 1 is 1.03 bits per heavy atom. The zero-order valence-corrected chi connectivity index (χ0v) is 17.9. The second kappa shape index (κ2) is 8.51. The molecule has 1 aliphatic heterocycles. The first-order chi connectivity index (χ1) is 15.3. The predicted octanol–water partition coefficient (Wildman–Crippen LogP) is 0.0445. The maximum atomic E-state index is 12.6. The summed E-state index contributed by atoms with van der Waals surface area (Å²) in [6.07, 6.45) is -1.32. The predicted molar refractivity (Wildman–Crippen MR) is 113 cm³/mol. The van der Waals surface area contributed by atoms with Crippen molar-refractivity contribution in [1.29, 1.82) is 0 Å². The SMILES string of the molecule is CC1=C(C)C(=O)C(CCNc2ncnc3c2ncn3[C@@H]2O[C@H](CO)C(O)C2O)=C(C)C1=O. The quantitative estimate of drug-likeness (QED) is 0.449. The van der Waals surface area contributed by atoms with Gasteiger partial charge in [-0.05, 0) is 27.2 Å². The molecule has 0 aromatic carbocycles. The molecule has 2 aromatic heterocycles. The molecular weight excluding hydrogens is 418 g/mol. The second-order valence-corrected chi connectivity index (χ2v) is 7.96. The summed E-state index contributed by atoms with van der Waals surface area (Å²) in [5, 5.41) is 32.7. The molecule has 170 valence electrons. The van der Waals surface area contributed by atoms with Gasteiger partial charge in [0.05, 0.1) is 12.9 Å². The van der Waals surface area contributed by atoms with Crippen molar-refractivity contribution in [3.63, 3.8) is 0 Å². The number of nitrogens with zero attached hydrogens (tertiary/aromatic N) is 4. The minimum atomic E-state index is -1.26. The number of aliphatic hydroxyl groups is 3. The van der Waals surface area contributed by atoms with E-state index in [-0.39, 0.29) is 11.6 Å². The number of allylic oxidation sites excluding steroid dienone is 3. The van der Waals surface area contributed by atoms with Gasteiger partial charge in [-0.2, -0.15) is 0 Å². The molecule has 3 heterocycles. The number of carbonyl (C=O) groups is 2. The normalized spacial score (nSPS) is 26.6. The maximum absolute atomic E-state index is 12.6. The molecule has 11 nitrogen and oxygen atoms in total. The van der Waals surface area contributed by atoms with E-state index >= 15 is 0 Å². The molecule has 1 fully saturated rings. The molecule has 1 aliphatic carbocycles. The third kappa shape index (κ3) is 3.52. The minimum Gasteiger partial charge on any atom is -0.394 e. The second-order valence-electron chi connectivity index (χ2n) is 7.96. The van der Waals surface area contributed by atoms with Crippen LogP contribution in [0.25, 0.3) is 11.2 Å². The third-order valence-electron chi connectivity index (χ3n) is 6.13. The molecule has 0 bridgehead atoms. The Kier molecular flexibility index (Phi) is 5.91. The van der Waals surface area contributed by atoms with Crippen molar-refractivity contribution in [3.05, 3.63) is 34.9 Å². The van der Waals surface area contributed by atoms with Crippen molar-refractivity contribution in [3.8, 4) is 0 Å². The maximum Gasteiger partial charge on any atom is 0.185 e. The van der Waals surface area contributed by atoms with Gasteiger partial charge in [0.25, 0.3) is 0 Å². The van der Waals surface area contributed by atoms with Gasteiger partial charge in [-0.1, -0.05) is 0 Å². The molecule has 4 rings (SSSR count). The summed E-state index contributed by atoms with van der Waals surface area (Å²) in [5.74, 6) is 0.179. The summed E-state index contributed by atoms with van der Waals surface area (Å²) in [7, 11) is 0. The first-order valence-corrected chi connectivity index (χ1v) is 10.3. The van der Waals surface area contributed by atoms with Crippen LogP contribution in [-0.4, -0.2) is 77.9 Å². The topological polar surface area (TPSA) is 160 Å². The van der Waals surface area contributed by atoms with Crippen LogP contribution < -0.4 is 5.32 Å². The Hall–Kier alpha value is -2.99. The molecule has 4 N–H and O–H groups in total. The highest BCUT2D eigenvalue weighted by Crippen LogP contribution is 2.32. The molecule has 0 spiro atoms. The Morgan fingerprint density at radius 3 is 2.44 bits per heavy atom. The third-order valence-corrected chi connectivity index (χ3v) is 6.13. The summed E-state index contributed by atoms with van der Waals surface area (Å²) in [6.45, 7) is 4.89. The van der Waals surface area contributed by atoms with E-state index in [1.165, 1.54) is 17.2 Å². The van der Waals surface area contributed by atoms with Gasteiger partial charge in [0, 0.05) is 28.8 Å². The highest BCUT2D eigenvalue weighted by atomic mass is 16.6. The van der Waals surface area contributed by atoms with E-state index in [1.807, 2.05) is 0 Å². The molecule has 2 aromatic rings. The van der Waals surface area contributed by atoms with E-state index in [2.05, 4.69) is 20.3 Å². The van der Waals surface area contributed by atoms with Crippen molar-refractivity contribution >= 4 is 28.5 Å². The lowest BCUT2D eigenvalue weighted by molar-refractivity contribution is -0.116. The summed E-state index contributed by atoms with van der Waals surface area (Å²) >= 11 is 0. The average molecular weight is 443 g/mol. The summed E-state index contributed by atoms with van der Waals surface area (Å²) in [4.78, 5) is 37.6. The van der Waals surface area contributed by atoms with E-state index in [1.54, 1.807) is 20.8 Å². The Labute approximate surface area is 183 Å². The van der Waals surface area contributed by atoms with Crippen molar-refractivity contribution < 1.29 is 29.6 Å². The lowest BCUT2D eigenvalue weighted by Crippen LogP contribution is -2.33. The van der Waals surface area contributed by atoms with Gasteiger partial charge in [-0.3, -0.25) is 14.2 Å². The van der Waals surface area contributed by atoms with E-state index in [4.69, 9.17) is 4.74 Å². The molecule has 0 saturated carbocycles. The van der Waals surface area contributed by atoms with Crippen LogP contribution in [-0.2, 0) is 14.3 Å². The fourth-order valence-corrected chi connectivity index (χ4v) is 4.04. The number of carbonyl (C=O) groups excluding carboxylic acids is 2. The van der Waals surface area contributed by atoms with Crippen molar-refractivity contribution in [2.24, 2.45) is 0 Å². The number of fused-ring (bicyclic) bond motifs is 1. The Morgan fingerprint density at radius 2 is 1.75 bits per heavy atom. The number of anilines is 1. The largest absolute Gasteiger partial charge is 0.394 e. The molecular formula is C21H25N5O6. The number of hydrogen-bond donors (Lipinski definition) is 4. The number of imidazole rings is 1. The lowest BCUT2D eigenvalue weighted by Gasteiger charge is -2.19. The molecule has 0 radical (unpaired) electrons. The van der Waals surface area contributed by atoms with E-state index < -0.39 is 31.1 Å². The molecule has 1 saturated heterocycles. The van der Waals surface area contributed by atoms with Crippen LogP contribution in [0.3, 0.4) is 0 Å². The highest BCUT2D eigenvalue weighted by Gasteiger charge is 2.44. The number of ether oxygens (including phenoxy) is 1. The lowest BCUT2D eigenvalue weighted by atomic mass is 9.84. The summed E-state index contributed by atoms with van der Waals surface area (Å²) in [6, 6.07) is 0. The standard InChI is InChI=1S/C21H25N5O6/c1-9-10(2)16(29)12(11(3)15(9)28)4-5-22-19-14-20(24-7-23-19)26(8-25-14)21-18(31)17(30)13(6-27)32-21/h7-8,13,17-18,21,27,30-31H,4-6H2,1-3H3,(H,22,23,24)/t13-,17?,18?,21-/m1/s1. The van der Waals surface area contributed by atoms with Gasteiger partial charge in [-0.25, -0.2) is 15.0 Å². The fraction of sp³-hybridized carbons (Fsp3) is 0.476. The van der Waals surface area contributed by atoms with Crippen molar-refractivity contribution in [2.75, 3.05) is 18.5 Å². The van der Waals surface area contributed by atoms with E-state index in [0.717, 1.165) is 0 Å². The Bertz CT molecular complexity index is 1150. The zero-order chi connectivity index (χ0) is 23.2. The molecule has 2 unspecified atom stereocenters. The first kappa shape index (κ1) is 22.2. The number of Topliss-reactive ketones (excluding diaryl/α,β-unsaturated/α-hetero) is 2. The molecule has 11 heteroatoms. The van der Waals surface area contributed by atoms with Crippen LogP contribution in [0.4, 0.5) is 5.82 Å². The highest BCUT2D eigenvalue weighted by molar-refractivity contribution is 6.24. The number of rotatable bonds is 6. The van der Waals surface area contributed by atoms with E-state index in [0.29, 0.717) is 52.2 Å². The number of nitrogens with one attached hydrogen (secondary N) is 1. The van der Waals surface area contributed by atoms with Gasteiger partial charge in [-0.15, -0.1) is 0 Å². The number of ketones is 2. The van der Waals surface area contributed by atoms with Gasteiger partial charge in [0.2, 0.25) is 0 Å². The van der Waals surface area contributed by atoms with Gasteiger partial charge in [0.1, 0.15) is 24.6 Å². The molecule has 4 atom stereocenters. The number of aromatic nitrogens is 4. The van der Waals surface area contributed by atoms with Crippen LogP contribution in [0, 0.1) is 0 Å². The van der Waals surface area contributed by atoms with Crippen LogP contribution in [0.5, 0.6) is 0 Å². The van der Waals surface area contributed by atoms with Crippen LogP contribution in [0.15, 0.2) is 34.9 Å². The average Bonchev–Trinajstić information content (AvgIpc) is 3.34. The Balaban J connectivity index is 1.52. The van der Waals surface area contributed by atoms with Gasteiger partial charge in [0.15, 0.2) is 34.8 Å². The van der Waals surface area contributed by atoms with Crippen molar-refractivity contribution in [2.45, 2.75) is 51.7 Å². The van der Waals surface area contributed by atoms with Gasteiger partial charge >= 0.3 is 0 Å².